The molecule has 0 unspecified atom stereocenters. The first-order chi connectivity index (χ1) is 7.82. The number of hydrogen-bond donors (Lipinski definition) is 1. The summed E-state index contributed by atoms with van der Waals surface area (Å²) in [4.78, 5) is 13.6. The van der Waals surface area contributed by atoms with Crippen LogP contribution in [0.1, 0.15) is 17.3 Å². The van der Waals surface area contributed by atoms with Gasteiger partial charge in [0.15, 0.2) is 0 Å². The average molecular weight is 273 g/mol. The lowest BCUT2D eigenvalue weighted by Crippen LogP contribution is -2.28. The molecule has 0 fully saturated rings. The zero-order valence-corrected chi connectivity index (χ0v) is 11.3. The third-order valence-electron chi connectivity index (χ3n) is 2.16. The van der Waals surface area contributed by atoms with Crippen molar-refractivity contribution in [1.82, 2.24) is 4.90 Å². The molecule has 0 aromatic heterocycles. The van der Waals surface area contributed by atoms with Crippen molar-refractivity contribution < 1.29 is 4.79 Å². The summed E-state index contributed by atoms with van der Waals surface area (Å²) in [5, 5.41) is 0.546. The first kappa shape index (κ1) is 13.9. The number of anilines is 1. The molecule has 92 valence electrons. The number of nitrogens with two attached hydrogens (primary N) is 1. The lowest BCUT2D eigenvalue weighted by molar-refractivity contribution is 0.0807. The molecule has 1 amide bonds. The minimum absolute atomic E-state index is 0.168. The van der Waals surface area contributed by atoms with Gasteiger partial charge in [-0.05, 0) is 19.1 Å². The van der Waals surface area contributed by atoms with Crippen LogP contribution in [0.3, 0.4) is 0 Å². The maximum Gasteiger partial charge on any atom is 0.254 e. The van der Waals surface area contributed by atoms with E-state index >= 15 is 0 Å². The molecule has 1 aromatic carbocycles. The van der Waals surface area contributed by atoms with E-state index in [0.717, 1.165) is 5.57 Å². The molecule has 0 saturated carbocycles. The molecule has 0 aliphatic rings. The van der Waals surface area contributed by atoms with E-state index in [1.807, 2.05) is 6.92 Å². The number of benzene rings is 1. The SMILES string of the molecule is C=C(C)CN(C)C(=O)c1cc(N)c(Cl)c(Cl)c1. The quantitative estimate of drug-likeness (QED) is 0.679. The second-order valence-corrected chi connectivity index (χ2v) is 4.76. The minimum atomic E-state index is -0.168. The Morgan fingerprint density at radius 3 is 2.53 bits per heavy atom. The Balaban J connectivity index is 3.01. The van der Waals surface area contributed by atoms with Gasteiger partial charge in [0.05, 0.1) is 15.7 Å². The molecule has 2 N–H and O–H groups in total. The van der Waals surface area contributed by atoms with Gasteiger partial charge < -0.3 is 10.6 Å². The van der Waals surface area contributed by atoms with Crippen LogP contribution in [0.2, 0.25) is 10.0 Å². The Labute approximate surface area is 111 Å². The van der Waals surface area contributed by atoms with Gasteiger partial charge in [0.25, 0.3) is 5.91 Å². The summed E-state index contributed by atoms with van der Waals surface area (Å²) in [6, 6.07) is 3.03. The van der Waals surface area contributed by atoms with Crippen LogP contribution >= 0.6 is 23.2 Å². The fraction of sp³-hybridized carbons (Fsp3) is 0.250. The molecule has 0 heterocycles. The van der Waals surface area contributed by atoms with Crippen molar-refractivity contribution in [2.45, 2.75) is 6.92 Å². The van der Waals surface area contributed by atoms with Gasteiger partial charge in [0, 0.05) is 19.2 Å². The summed E-state index contributed by atoms with van der Waals surface area (Å²) in [6.07, 6.45) is 0. The monoisotopic (exact) mass is 272 g/mol. The number of halogens is 2. The van der Waals surface area contributed by atoms with Gasteiger partial charge in [-0.3, -0.25) is 4.79 Å². The predicted octanol–water partition coefficient (Wildman–Crippen LogP) is 3.22. The van der Waals surface area contributed by atoms with Crippen LogP contribution in [-0.4, -0.2) is 24.4 Å². The number of carbonyl (C=O) groups is 1. The topological polar surface area (TPSA) is 46.3 Å². The highest BCUT2D eigenvalue weighted by Crippen LogP contribution is 2.29. The molecule has 0 aliphatic carbocycles. The second-order valence-electron chi connectivity index (χ2n) is 3.98. The number of amides is 1. The predicted molar refractivity (Wildman–Crippen MR) is 72.6 cm³/mol. The van der Waals surface area contributed by atoms with E-state index in [1.54, 1.807) is 11.9 Å². The summed E-state index contributed by atoms with van der Waals surface area (Å²) in [6.45, 7) is 6.09. The molecule has 3 nitrogen and oxygen atoms in total. The normalized spacial score (nSPS) is 10.1. The Morgan fingerprint density at radius 2 is 2.06 bits per heavy atom. The van der Waals surface area contributed by atoms with Crippen molar-refractivity contribution in [2.24, 2.45) is 0 Å². The molecular weight excluding hydrogens is 259 g/mol. The fourth-order valence-electron chi connectivity index (χ4n) is 1.43. The van der Waals surface area contributed by atoms with E-state index in [4.69, 9.17) is 28.9 Å². The maximum absolute atomic E-state index is 12.0. The standard InChI is InChI=1S/C12H14Cl2N2O/c1-7(2)6-16(3)12(17)8-4-9(13)11(14)10(15)5-8/h4-5H,1,6,15H2,2-3H3. The van der Waals surface area contributed by atoms with Gasteiger partial charge in [-0.25, -0.2) is 0 Å². The highest BCUT2D eigenvalue weighted by molar-refractivity contribution is 6.43. The molecule has 0 saturated heterocycles. The second kappa shape index (κ2) is 5.43. The summed E-state index contributed by atoms with van der Waals surface area (Å²) in [5.74, 6) is -0.168. The van der Waals surface area contributed by atoms with Crippen LogP contribution in [0.25, 0.3) is 0 Å². The minimum Gasteiger partial charge on any atom is -0.397 e. The number of carbonyl (C=O) groups excluding carboxylic acids is 1. The molecule has 0 atom stereocenters. The van der Waals surface area contributed by atoms with Gasteiger partial charge in [0.2, 0.25) is 0 Å². The first-order valence-electron chi connectivity index (χ1n) is 4.97. The van der Waals surface area contributed by atoms with Crippen LogP contribution in [0.15, 0.2) is 24.3 Å². The largest absolute Gasteiger partial charge is 0.397 e. The lowest BCUT2D eigenvalue weighted by atomic mass is 10.1. The number of nitrogens with zero attached hydrogens (tertiary/aromatic N) is 1. The van der Waals surface area contributed by atoms with E-state index < -0.39 is 0 Å². The third kappa shape index (κ3) is 3.38. The van der Waals surface area contributed by atoms with E-state index in [2.05, 4.69) is 6.58 Å². The molecule has 1 aromatic rings. The smallest absolute Gasteiger partial charge is 0.254 e. The number of rotatable bonds is 3. The Hall–Kier alpha value is -1.19. The molecular formula is C12H14Cl2N2O. The van der Waals surface area contributed by atoms with E-state index in [9.17, 15) is 4.79 Å². The molecule has 0 aliphatic heterocycles. The fourth-order valence-corrected chi connectivity index (χ4v) is 1.77. The van der Waals surface area contributed by atoms with Crippen molar-refractivity contribution >= 4 is 34.8 Å². The number of likely N-dealkylation sites (N-methyl/N-ethyl adjacent to an activating group) is 1. The maximum atomic E-state index is 12.0. The van der Waals surface area contributed by atoms with Gasteiger partial charge in [-0.2, -0.15) is 0 Å². The van der Waals surface area contributed by atoms with Crippen molar-refractivity contribution in [3.63, 3.8) is 0 Å². The van der Waals surface area contributed by atoms with Crippen molar-refractivity contribution in [2.75, 3.05) is 19.3 Å². The lowest BCUT2D eigenvalue weighted by Gasteiger charge is -2.17. The van der Waals surface area contributed by atoms with E-state index in [1.165, 1.54) is 12.1 Å². The van der Waals surface area contributed by atoms with Gasteiger partial charge in [-0.15, -0.1) is 0 Å². The van der Waals surface area contributed by atoms with Gasteiger partial charge in [-0.1, -0.05) is 35.4 Å². The highest BCUT2D eigenvalue weighted by atomic mass is 35.5. The molecule has 17 heavy (non-hydrogen) atoms. The van der Waals surface area contributed by atoms with Gasteiger partial charge in [0.1, 0.15) is 0 Å². The Bertz CT molecular complexity index is 449. The van der Waals surface area contributed by atoms with Crippen LogP contribution in [0.5, 0.6) is 0 Å². The van der Waals surface area contributed by atoms with Gasteiger partial charge >= 0.3 is 0 Å². The van der Waals surface area contributed by atoms with Crippen LogP contribution < -0.4 is 5.73 Å². The molecule has 0 radical (unpaired) electrons. The summed E-state index contributed by atoms with van der Waals surface area (Å²) >= 11 is 11.7. The molecule has 5 heteroatoms. The van der Waals surface area contributed by atoms with Crippen molar-refractivity contribution in [1.29, 1.82) is 0 Å². The summed E-state index contributed by atoms with van der Waals surface area (Å²) in [7, 11) is 1.69. The zero-order valence-electron chi connectivity index (χ0n) is 9.76. The van der Waals surface area contributed by atoms with Crippen molar-refractivity contribution in [3.05, 3.63) is 39.9 Å². The Kier molecular flexibility index (Phi) is 4.43. The molecule has 1 rings (SSSR count). The van der Waals surface area contributed by atoms with Crippen molar-refractivity contribution in [3.8, 4) is 0 Å². The Morgan fingerprint density at radius 1 is 1.47 bits per heavy atom. The van der Waals surface area contributed by atoms with Crippen LogP contribution in [0.4, 0.5) is 5.69 Å². The number of nitrogen functional groups attached to an aromatic ring is 1. The molecule has 0 bridgehead atoms. The van der Waals surface area contributed by atoms with Crippen LogP contribution in [0, 0.1) is 0 Å². The zero-order chi connectivity index (χ0) is 13.2. The van der Waals surface area contributed by atoms with E-state index in [-0.39, 0.29) is 16.0 Å². The average Bonchev–Trinajstić information content (AvgIpc) is 2.23. The van der Waals surface area contributed by atoms with Crippen LogP contribution in [-0.2, 0) is 0 Å². The highest BCUT2D eigenvalue weighted by Gasteiger charge is 2.14. The summed E-state index contributed by atoms with van der Waals surface area (Å²) in [5.41, 5.74) is 7.27. The third-order valence-corrected chi connectivity index (χ3v) is 2.97. The number of hydrogen-bond acceptors (Lipinski definition) is 2. The van der Waals surface area contributed by atoms with E-state index in [0.29, 0.717) is 17.8 Å². The first-order valence-corrected chi connectivity index (χ1v) is 5.73. The molecule has 0 spiro atoms. The summed E-state index contributed by atoms with van der Waals surface area (Å²) < 4.78 is 0.